The predicted molar refractivity (Wildman–Crippen MR) is 128 cm³/mol. The smallest absolute Gasteiger partial charge is 0.267 e. The molecule has 3 saturated carbocycles. The molecule has 0 aromatic heterocycles. The first-order valence-electron chi connectivity index (χ1n) is 13.1. The number of piperidine rings is 1. The Kier molecular flexibility index (Phi) is 7.83. The molecule has 1 amide bonds. The van der Waals surface area contributed by atoms with E-state index in [1.54, 1.807) is 6.08 Å². The van der Waals surface area contributed by atoms with Crippen LogP contribution in [0.2, 0.25) is 0 Å². The van der Waals surface area contributed by atoms with Crippen LogP contribution >= 0.6 is 0 Å². The molecule has 1 spiro atoms. The third-order valence-corrected chi connectivity index (χ3v) is 8.68. The van der Waals surface area contributed by atoms with E-state index in [4.69, 9.17) is 11.5 Å². The van der Waals surface area contributed by atoms with Gasteiger partial charge in [-0.15, -0.1) is 0 Å². The third-order valence-electron chi connectivity index (χ3n) is 8.68. The third kappa shape index (κ3) is 6.07. The van der Waals surface area contributed by atoms with Gasteiger partial charge in [0.05, 0.1) is 11.8 Å². The van der Waals surface area contributed by atoms with Crippen LogP contribution in [-0.2, 0) is 4.79 Å². The van der Waals surface area contributed by atoms with Gasteiger partial charge in [-0.25, -0.2) is 0 Å². The normalized spacial score (nSPS) is 33.8. The van der Waals surface area contributed by atoms with Crippen LogP contribution in [0.15, 0.2) is 23.5 Å². The van der Waals surface area contributed by atoms with E-state index in [9.17, 15) is 9.90 Å². The van der Waals surface area contributed by atoms with Crippen LogP contribution in [0.3, 0.4) is 0 Å². The van der Waals surface area contributed by atoms with E-state index in [1.807, 2.05) is 6.08 Å². The van der Waals surface area contributed by atoms with Crippen molar-refractivity contribution in [3.8, 4) is 0 Å². The van der Waals surface area contributed by atoms with Crippen LogP contribution in [-0.4, -0.2) is 47.2 Å². The Morgan fingerprint density at radius 2 is 1.62 bits per heavy atom. The van der Waals surface area contributed by atoms with E-state index in [2.05, 4.69) is 10.2 Å². The Labute approximate surface area is 193 Å². The van der Waals surface area contributed by atoms with Gasteiger partial charge in [0.2, 0.25) is 0 Å². The minimum absolute atomic E-state index is 0.0800. The first kappa shape index (κ1) is 23.6. The molecular weight excluding hydrogens is 400 g/mol. The standard InChI is InChI=1S/C26H44N4O2/c27-20(6-7-24(28)25(32)29-21-4-2-1-3-5-21)16-19-17-26(18-19)12-8-22(9-13-26)30-14-10-23(31)11-15-30/h6-7,19,21-23,31H,1-5,8-18,27-28H2,(H,29,32)/b20-6-,24-7-. The van der Waals surface area contributed by atoms with Gasteiger partial charge in [0, 0.05) is 30.9 Å². The van der Waals surface area contributed by atoms with Crippen LogP contribution in [0.25, 0.3) is 0 Å². The number of aliphatic hydroxyl groups excluding tert-OH is 1. The summed E-state index contributed by atoms with van der Waals surface area (Å²) in [5.41, 5.74) is 13.9. The van der Waals surface area contributed by atoms with Crippen molar-refractivity contribution in [2.75, 3.05) is 13.1 Å². The van der Waals surface area contributed by atoms with Crippen molar-refractivity contribution in [3.63, 3.8) is 0 Å². The van der Waals surface area contributed by atoms with Crippen LogP contribution in [0.1, 0.15) is 89.9 Å². The lowest BCUT2D eigenvalue weighted by molar-refractivity contribution is -0.118. The zero-order valence-corrected chi connectivity index (χ0v) is 19.7. The Morgan fingerprint density at radius 3 is 2.28 bits per heavy atom. The lowest BCUT2D eigenvalue weighted by Gasteiger charge is -2.53. The summed E-state index contributed by atoms with van der Waals surface area (Å²) in [6.45, 7) is 2.14. The summed E-state index contributed by atoms with van der Waals surface area (Å²) in [5, 5.41) is 12.8. The van der Waals surface area contributed by atoms with Crippen molar-refractivity contribution < 1.29 is 9.90 Å². The Balaban J connectivity index is 1.16. The van der Waals surface area contributed by atoms with E-state index in [0.29, 0.717) is 11.3 Å². The van der Waals surface area contributed by atoms with Crippen LogP contribution in [0.4, 0.5) is 0 Å². The molecule has 180 valence electrons. The molecule has 0 aromatic rings. The molecule has 4 fully saturated rings. The van der Waals surface area contributed by atoms with E-state index in [1.165, 1.54) is 57.8 Å². The monoisotopic (exact) mass is 444 g/mol. The molecule has 0 bridgehead atoms. The fraction of sp³-hybridized carbons (Fsp3) is 0.808. The van der Waals surface area contributed by atoms with Crippen molar-refractivity contribution in [2.45, 2.75) is 108 Å². The summed E-state index contributed by atoms with van der Waals surface area (Å²) in [6.07, 6.45) is 19.9. The number of nitrogens with zero attached hydrogens (tertiary/aromatic N) is 1. The number of rotatable bonds is 6. The first-order chi connectivity index (χ1) is 15.4. The van der Waals surface area contributed by atoms with Crippen molar-refractivity contribution in [2.24, 2.45) is 22.8 Å². The molecule has 0 atom stereocenters. The molecule has 4 aliphatic rings. The molecule has 3 aliphatic carbocycles. The highest BCUT2D eigenvalue weighted by atomic mass is 16.3. The largest absolute Gasteiger partial charge is 0.402 e. The Bertz CT molecular complexity index is 689. The number of hydrogen-bond acceptors (Lipinski definition) is 5. The maximum atomic E-state index is 12.3. The molecule has 1 saturated heterocycles. The van der Waals surface area contributed by atoms with Gasteiger partial charge in [-0.2, -0.15) is 0 Å². The number of aliphatic hydroxyl groups is 1. The maximum Gasteiger partial charge on any atom is 0.267 e. The summed E-state index contributed by atoms with van der Waals surface area (Å²) in [4.78, 5) is 14.9. The van der Waals surface area contributed by atoms with Gasteiger partial charge < -0.3 is 26.8 Å². The molecule has 6 heteroatoms. The highest BCUT2D eigenvalue weighted by Gasteiger charge is 2.46. The summed E-state index contributed by atoms with van der Waals surface area (Å²) >= 11 is 0. The van der Waals surface area contributed by atoms with Crippen LogP contribution in [0, 0.1) is 11.3 Å². The van der Waals surface area contributed by atoms with Crippen molar-refractivity contribution in [1.29, 1.82) is 0 Å². The molecular formula is C26H44N4O2. The van der Waals surface area contributed by atoms with Crippen LogP contribution < -0.4 is 16.8 Å². The van der Waals surface area contributed by atoms with Gasteiger partial charge in [0.25, 0.3) is 5.91 Å². The fourth-order valence-corrected chi connectivity index (χ4v) is 6.74. The lowest BCUT2D eigenvalue weighted by Crippen LogP contribution is -2.48. The van der Waals surface area contributed by atoms with E-state index in [-0.39, 0.29) is 23.8 Å². The molecule has 4 rings (SSSR count). The average molecular weight is 445 g/mol. The van der Waals surface area contributed by atoms with Crippen molar-refractivity contribution in [3.05, 3.63) is 23.5 Å². The van der Waals surface area contributed by atoms with Gasteiger partial charge >= 0.3 is 0 Å². The van der Waals surface area contributed by atoms with Gasteiger partial charge in [-0.05, 0) is 94.1 Å². The molecule has 0 aromatic carbocycles. The average Bonchev–Trinajstić information content (AvgIpc) is 2.78. The summed E-state index contributed by atoms with van der Waals surface area (Å²) in [5.74, 6) is 0.502. The summed E-state index contributed by atoms with van der Waals surface area (Å²) in [7, 11) is 0. The molecule has 1 heterocycles. The number of allylic oxidation sites excluding steroid dienone is 3. The van der Waals surface area contributed by atoms with Gasteiger partial charge in [-0.3, -0.25) is 4.79 Å². The van der Waals surface area contributed by atoms with Gasteiger partial charge in [0.15, 0.2) is 0 Å². The number of carbonyl (C=O) groups is 1. The zero-order valence-electron chi connectivity index (χ0n) is 19.7. The quantitative estimate of drug-likeness (QED) is 0.372. The second kappa shape index (κ2) is 10.6. The number of hydrogen-bond donors (Lipinski definition) is 4. The second-order valence-electron chi connectivity index (χ2n) is 11.1. The molecule has 6 N–H and O–H groups in total. The van der Waals surface area contributed by atoms with E-state index in [0.717, 1.165) is 56.9 Å². The lowest BCUT2D eigenvalue weighted by atomic mass is 9.54. The Morgan fingerprint density at radius 1 is 0.969 bits per heavy atom. The first-order valence-corrected chi connectivity index (χ1v) is 13.1. The van der Waals surface area contributed by atoms with Gasteiger partial charge in [0.1, 0.15) is 0 Å². The number of amides is 1. The van der Waals surface area contributed by atoms with Gasteiger partial charge in [-0.1, -0.05) is 19.3 Å². The topological polar surface area (TPSA) is 105 Å². The second-order valence-corrected chi connectivity index (χ2v) is 11.1. The Hall–Kier alpha value is -1.53. The minimum atomic E-state index is -0.163. The maximum absolute atomic E-state index is 12.3. The fourth-order valence-electron chi connectivity index (χ4n) is 6.74. The molecule has 6 nitrogen and oxygen atoms in total. The van der Waals surface area contributed by atoms with Crippen molar-refractivity contribution in [1.82, 2.24) is 10.2 Å². The predicted octanol–water partition coefficient (Wildman–Crippen LogP) is 3.31. The highest BCUT2D eigenvalue weighted by molar-refractivity contribution is 5.92. The molecule has 0 radical (unpaired) electrons. The number of carbonyl (C=O) groups excluding carboxylic acids is 1. The number of nitrogens with one attached hydrogen (secondary N) is 1. The SMILES string of the molecule is N/C(=C\C=C(/N)C(=O)NC1CCCCC1)CC1CC2(CCC(N3CCC(O)CC3)CC2)C1. The number of likely N-dealkylation sites (tertiary alicyclic amines) is 1. The summed E-state index contributed by atoms with van der Waals surface area (Å²) in [6, 6.07) is 0.998. The van der Waals surface area contributed by atoms with E-state index < -0.39 is 0 Å². The highest BCUT2D eigenvalue weighted by Crippen LogP contribution is 2.56. The summed E-state index contributed by atoms with van der Waals surface area (Å²) < 4.78 is 0. The minimum Gasteiger partial charge on any atom is -0.402 e. The van der Waals surface area contributed by atoms with Crippen LogP contribution in [0.5, 0.6) is 0 Å². The molecule has 1 aliphatic heterocycles. The molecule has 0 unspecified atom stereocenters. The molecule has 32 heavy (non-hydrogen) atoms. The van der Waals surface area contributed by atoms with E-state index >= 15 is 0 Å². The zero-order chi connectivity index (χ0) is 22.6. The number of nitrogens with two attached hydrogens (primary N) is 2. The van der Waals surface area contributed by atoms with Crippen molar-refractivity contribution >= 4 is 5.91 Å².